The maximum Gasteiger partial charge on any atom is 0.317 e. The summed E-state index contributed by atoms with van der Waals surface area (Å²) in [4.78, 5) is 18.9. The number of halogens is 1. The zero-order valence-electron chi connectivity index (χ0n) is 16.3. The molecule has 1 aromatic carbocycles. The molecule has 1 aliphatic carbocycles. The Hall–Kier alpha value is -2.44. The molecule has 2 aliphatic rings. The second-order valence-electron chi connectivity index (χ2n) is 8.09. The first-order valence-electron chi connectivity index (χ1n) is 10.1. The van der Waals surface area contributed by atoms with Gasteiger partial charge in [0.05, 0.1) is 0 Å². The topological polar surface area (TPSA) is 71.3 Å². The molecule has 7 heteroatoms. The highest BCUT2D eigenvalue weighted by atomic mass is 19.1. The lowest BCUT2D eigenvalue weighted by Crippen LogP contribution is -2.48. The number of aromatic nitrogens is 2. The maximum absolute atomic E-state index is 13.3. The Bertz CT molecular complexity index is 806. The van der Waals surface area contributed by atoms with E-state index in [1.165, 1.54) is 12.1 Å². The van der Waals surface area contributed by atoms with E-state index < -0.39 is 0 Å². The quantitative estimate of drug-likeness (QED) is 0.865. The summed E-state index contributed by atoms with van der Waals surface area (Å²) < 4.78 is 18.6. The zero-order valence-corrected chi connectivity index (χ0v) is 16.3. The SMILES string of the molecule is Cc1noc(C2CCN(C(=O)NCC3(c4ccc(F)cc4)CCCC3)CC2)n1. The lowest BCUT2D eigenvalue weighted by atomic mass is 9.79. The number of likely N-dealkylation sites (tertiary alicyclic amines) is 1. The molecule has 1 aromatic heterocycles. The number of rotatable bonds is 4. The molecule has 0 radical (unpaired) electrons. The van der Waals surface area contributed by atoms with Gasteiger partial charge in [0.2, 0.25) is 5.89 Å². The van der Waals surface area contributed by atoms with E-state index in [1.54, 1.807) is 0 Å². The number of piperidine rings is 1. The maximum atomic E-state index is 13.3. The summed E-state index contributed by atoms with van der Waals surface area (Å²) >= 11 is 0. The predicted molar refractivity (Wildman–Crippen MR) is 103 cm³/mol. The van der Waals surface area contributed by atoms with Crippen LogP contribution in [0.3, 0.4) is 0 Å². The van der Waals surface area contributed by atoms with Gasteiger partial charge in [-0.2, -0.15) is 4.98 Å². The van der Waals surface area contributed by atoms with Crippen LogP contribution in [0.25, 0.3) is 0 Å². The number of aryl methyl sites for hydroxylation is 1. The van der Waals surface area contributed by atoms with E-state index >= 15 is 0 Å². The minimum absolute atomic E-state index is 0.0199. The monoisotopic (exact) mass is 386 g/mol. The van der Waals surface area contributed by atoms with E-state index in [0.29, 0.717) is 31.3 Å². The van der Waals surface area contributed by atoms with Crippen molar-refractivity contribution in [2.75, 3.05) is 19.6 Å². The number of hydrogen-bond acceptors (Lipinski definition) is 4. The summed E-state index contributed by atoms with van der Waals surface area (Å²) in [5, 5.41) is 7.01. The van der Waals surface area contributed by atoms with Crippen LogP contribution in [-0.4, -0.2) is 40.7 Å². The molecule has 1 saturated heterocycles. The Morgan fingerprint density at radius 1 is 1.25 bits per heavy atom. The van der Waals surface area contributed by atoms with Crippen LogP contribution in [0.1, 0.15) is 61.7 Å². The molecule has 0 unspecified atom stereocenters. The van der Waals surface area contributed by atoms with E-state index in [2.05, 4.69) is 15.5 Å². The minimum atomic E-state index is -0.222. The summed E-state index contributed by atoms with van der Waals surface area (Å²) in [6, 6.07) is 6.74. The van der Waals surface area contributed by atoms with Crippen molar-refractivity contribution in [3.8, 4) is 0 Å². The van der Waals surface area contributed by atoms with Crippen LogP contribution in [0.4, 0.5) is 9.18 Å². The Morgan fingerprint density at radius 3 is 2.54 bits per heavy atom. The normalized spacial score (nSPS) is 19.7. The van der Waals surface area contributed by atoms with Gasteiger partial charge >= 0.3 is 6.03 Å². The molecular weight excluding hydrogens is 359 g/mol. The van der Waals surface area contributed by atoms with Crippen molar-refractivity contribution < 1.29 is 13.7 Å². The third kappa shape index (κ3) is 3.88. The van der Waals surface area contributed by atoms with Gasteiger partial charge in [0.15, 0.2) is 5.82 Å². The number of urea groups is 1. The van der Waals surface area contributed by atoms with Crippen molar-refractivity contribution in [3.05, 3.63) is 47.4 Å². The summed E-state index contributed by atoms with van der Waals surface area (Å²) in [7, 11) is 0. The molecular formula is C21H27FN4O2. The van der Waals surface area contributed by atoms with Gasteiger partial charge in [0.25, 0.3) is 0 Å². The van der Waals surface area contributed by atoms with E-state index in [1.807, 2.05) is 24.0 Å². The first-order valence-corrected chi connectivity index (χ1v) is 10.1. The van der Waals surface area contributed by atoms with Crippen LogP contribution in [0.2, 0.25) is 0 Å². The number of benzene rings is 1. The second-order valence-corrected chi connectivity index (χ2v) is 8.09. The second kappa shape index (κ2) is 7.89. The molecule has 6 nitrogen and oxygen atoms in total. The van der Waals surface area contributed by atoms with E-state index in [4.69, 9.17) is 4.52 Å². The molecule has 1 N–H and O–H groups in total. The lowest BCUT2D eigenvalue weighted by Gasteiger charge is -2.34. The summed E-state index contributed by atoms with van der Waals surface area (Å²) in [5.74, 6) is 1.34. The number of amides is 2. The van der Waals surface area contributed by atoms with Crippen molar-refractivity contribution in [3.63, 3.8) is 0 Å². The van der Waals surface area contributed by atoms with Gasteiger partial charge in [-0.05, 0) is 50.3 Å². The Morgan fingerprint density at radius 2 is 1.93 bits per heavy atom. The van der Waals surface area contributed by atoms with Crippen LogP contribution >= 0.6 is 0 Å². The van der Waals surface area contributed by atoms with Gasteiger partial charge in [-0.25, -0.2) is 9.18 Å². The molecule has 1 aliphatic heterocycles. The first-order chi connectivity index (χ1) is 13.6. The minimum Gasteiger partial charge on any atom is -0.339 e. The lowest BCUT2D eigenvalue weighted by molar-refractivity contribution is 0.172. The fraction of sp³-hybridized carbons (Fsp3) is 0.571. The predicted octanol–water partition coefficient (Wildman–Crippen LogP) is 3.92. The molecule has 0 spiro atoms. The van der Waals surface area contributed by atoms with Gasteiger partial charge < -0.3 is 14.7 Å². The smallest absolute Gasteiger partial charge is 0.317 e. The van der Waals surface area contributed by atoms with Crippen LogP contribution in [0.15, 0.2) is 28.8 Å². The molecule has 150 valence electrons. The van der Waals surface area contributed by atoms with Crippen LogP contribution < -0.4 is 5.32 Å². The Kier molecular flexibility index (Phi) is 5.33. The average Bonchev–Trinajstić information content (AvgIpc) is 3.37. The third-order valence-electron chi connectivity index (χ3n) is 6.27. The highest BCUT2D eigenvalue weighted by Gasteiger charge is 2.36. The molecule has 2 heterocycles. The van der Waals surface area contributed by atoms with E-state index in [9.17, 15) is 9.18 Å². The highest BCUT2D eigenvalue weighted by Crippen LogP contribution is 2.40. The number of nitrogens with one attached hydrogen (secondary N) is 1. The largest absolute Gasteiger partial charge is 0.339 e. The van der Waals surface area contributed by atoms with Gasteiger partial charge in [-0.1, -0.05) is 30.1 Å². The standard InChI is InChI=1S/C21H27FN4O2/c1-15-24-19(28-25-15)16-8-12-26(13-9-16)20(27)23-14-21(10-2-3-11-21)17-4-6-18(22)7-5-17/h4-7,16H,2-3,8-14H2,1H3,(H,23,27). The highest BCUT2D eigenvalue weighted by molar-refractivity contribution is 5.74. The third-order valence-corrected chi connectivity index (χ3v) is 6.27. The molecule has 2 amide bonds. The number of nitrogens with zero attached hydrogens (tertiary/aromatic N) is 3. The number of hydrogen-bond donors (Lipinski definition) is 1. The summed E-state index contributed by atoms with van der Waals surface area (Å²) in [5.41, 5.74) is 1.04. The molecule has 4 rings (SSSR count). The van der Waals surface area contributed by atoms with Gasteiger partial charge in [0, 0.05) is 31.0 Å². The molecule has 0 bridgehead atoms. The average molecular weight is 386 g/mol. The molecule has 2 aromatic rings. The molecule has 2 fully saturated rings. The first kappa shape index (κ1) is 18.9. The Labute approximate surface area is 164 Å². The van der Waals surface area contributed by atoms with Crippen LogP contribution in [0.5, 0.6) is 0 Å². The van der Waals surface area contributed by atoms with Crippen molar-refractivity contribution in [1.82, 2.24) is 20.4 Å². The van der Waals surface area contributed by atoms with Crippen molar-refractivity contribution in [2.45, 2.75) is 56.8 Å². The van der Waals surface area contributed by atoms with Gasteiger partial charge in [-0.3, -0.25) is 0 Å². The van der Waals surface area contributed by atoms with Crippen LogP contribution in [0, 0.1) is 12.7 Å². The zero-order chi connectivity index (χ0) is 19.6. The summed E-state index contributed by atoms with van der Waals surface area (Å²) in [6.45, 7) is 3.78. The van der Waals surface area contributed by atoms with Gasteiger partial charge in [-0.15, -0.1) is 0 Å². The van der Waals surface area contributed by atoms with Crippen molar-refractivity contribution in [2.24, 2.45) is 0 Å². The summed E-state index contributed by atoms with van der Waals surface area (Å²) in [6.07, 6.45) is 6.00. The van der Waals surface area contributed by atoms with Crippen molar-refractivity contribution >= 4 is 6.03 Å². The van der Waals surface area contributed by atoms with E-state index in [-0.39, 0.29) is 23.2 Å². The number of carbonyl (C=O) groups excluding carboxylic acids is 1. The molecule has 1 saturated carbocycles. The molecule has 28 heavy (non-hydrogen) atoms. The van der Waals surface area contributed by atoms with Crippen LogP contribution in [-0.2, 0) is 5.41 Å². The number of carbonyl (C=O) groups is 1. The van der Waals surface area contributed by atoms with Gasteiger partial charge in [0.1, 0.15) is 5.82 Å². The van der Waals surface area contributed by atoms with E-state index in [0.717, 1.165) is 44.1 Å². The Balaban J connectivity index is 1.34. The van der Waals surface area contributed by atoms with Crippen molar-refractivity contribution in [1.29, 1.82) is 0 Å². The fourth-order valence-corrected chi connectivity index (χ4v) is 4.59. The molecule has 0 atom stereocenters. The fourth-order valence-electron chi connectivity index (χ4n) is 4.59.